The summed E-state index contributed by atoms with van der Waals surface area (Å²) in [6.45, 7) is 9.29. The van der Waals surface area contributed by atoms with Crippen LogP contribution in [0.5, 0.6) is 5.75 Å². The Morgan fingerprint density at radius 2 is 1.82 bits per heavy atom. The summed E-state index contributed by atoms with van der Waals surface area (Å²) < 4.78 is 5.60. The van der Waals surface area contributed by atoms with Crippen LogP contribution in [0.3, 0.4) is 0 Å². The molecule has 1 nitrogen and oxygen atoms in total. The first-order valence-electron chi connectivity index (χ1n) is 6.56. The summed E-state index contributed by atoms with van der Waals surface area (Å²) in [7, 11) is 1.78. The lowest BCUT2D eigenvalue weighted by molar-refractivity contribution is 0.218. The third-order valence-electron chi connectivity index (χ3n) is 4.92. The largest absolute Gasteiger partial charge is 0.496 e. The lowest BCUT2D eigenvalue weighted by Crippen LogP contribution is -2.34. The van der Waals surface area contributed by atoms with Crippen molar-refractivity contribution >= 4 is 0 Å². The number of benzene rings is 1. The van der Waals surface area contributed by atoms with Gasteiger partial charge in [0.05, 0.1) is 7.11 Å². The van der Waals surface area contributed by atoms with Crippen LogP contribution in [0.25, 0.3) is 0 Å². The van der Waals surface area contributed by atoms with Gasteiger partial charge < -0.3 is 4.74 Å². The van der Waals surface area contributed by atoms with Gasteiger partial charge in [0.25, 0.3) is 0 Å². The minimum atomic E-state index is 0.242. The van der Waals surface area contributed by atoms with Gasteiger partial charge in [-0.1, -0.05) is 39.3 Å². The Balaban J connectivity index is 2.53. The molecule has 1 aromatic carbocycles. The molecule has 1 fully saturated rings. The second kappa shape index (κ2) is 4.04. The number of ether oxygens (including phenoxy) is 1. The molecule has 0 saturated heterocycles. The van der Waals surface area contributed by atoms with Gasteiger partial charge in [0.15, 0.2) is 0 Å². The summed E-state index contributed by atoms with van der Waals surface area (Å²) in [6, 6.07) is 6.63. The van der Waals surface area contributed by atoms with E-state index in [4.69, 9.17) is 4.74 Å². The Morgan fingerprint density at radius 1 is 1.12 bits per heavy atom. The van der Waals surface area contributed by atoms with Crippen molar-refractivity contribution in [2.24, 2.45) is 5.41 Å². The monoisotopic (exact) mass is 232 g/mol. The van der Waals surface area contributed by atoms with Crippen LogP contribution in [0.4, 0.5) is 0 Å². The summed E-state index contributed by atoms with van der Waals surface area (Å²) >= 11 is 0. The van der Waals surface area contributed by atoms with Crippen LogP contribution in [0.2, 0.25) is 0 Å². The van der Waals surface area contributed by atoms with Gasteiger partial charge in [0.2, 0.25) is 0 Å². The number of rotatable bonds is 2. The van der Waals surface area contributed by atoms with Crippen molar-refractivity contribution in [3.05, 3.63) is 29.3 Å². The van der Waals surface area contributed by atoms with Crippen LogP contribution in [0, 0.1) is 12.3 Å². The minimum Gasteiger partial charge on any atom is -0.496 e. The van der Waals surface area contributed by atoms with Crippen LogP contribution >= 0.6 is 0 Å². The molecular weight excluding hydrogens is 208 g/mol. The normalized spacial score (nSPS) is 27.1. The summed E-state index contributed by atoms with van der Waals surface area (Å²) in [5.74, 6) is 1.06. The van der Waals surface area contributed by atoms with Crippen molar-refractivity contribution in [3.8, 4) is 5.75 Å². The van der Waals surface area contributed by atoms with Crippen molar-refractivity contribution in [2.45, 2.75) is 52.4 Å². The third kappa shape index (κ3) is 1.86. The molecule has 0 bridgehead atoms. The molecular formula is C16H24O. The standard InChI is InChI=1S/C16H24O/c1-12-7-8-13(14(11-12)17-5)16(4)10-6-9-15(16,2)3/h7-8,11H,6,9-10H2,1-5H3. The van der Waals surface area contributed by atoms with Crippen molar-refractivity contribution in [3.63, 3.8) is 0 Å². The summed E-state index contributed by atoms with van der Waals surface area (Å²) in [6.07, 6.45) is 3.89. The molecule has 1 saturated carbocycles. The highest BCUT2D eigenvalue weighted by Gasteiger charge is 2.47. The molecule has 0 heterocycles. The van der Waals surface area contributed by atoms with E-state index < -0.39 is 0 Å². The summed E-state index contributed by atoms with van der Waals surface area (Å²) in [5, 5.41) is 0. The van der Waals surface area contributed by atoms with Gasteiger partial charge >= 0.3 is 0 Å². The van der Waals surface area contributed by atoms with E-state index in [2.05, 4.69) is 45.9 Å². The van der Waals surface area contributed by atoms with Crippen LogP contribution < -0.4 is 4.74 Å². The van der Waals surface area contributed by atoms with Gasteiger partial charge in [-0.25, -0.2) is 0 Å². The first kappa shape index (κ1) is 12.5. The predicted octanol–water partition coefficient (Wildman–Crippen LogP) is 4.47. The molecule has 0 aliphatic heterocycles. The van der Waals surface area contributed by atoms with Crippen molar-refractivity contribution < 1.29 is 4.74 Å². The highest BCUT2D eigenvalue weighted by atomic mass is 16.5. The lowest BCUT2D eigenvalue weighted by atomic mass is 9.65. The maximum atomic E-state index is 5.60. The van der Waals surface area contributed by atoms with E-state index in [9.17, 15) is 0 Å². The molecule has 1 atom stereocenters. The van der Waals surface area contributed by atoms with Gasteiger partial charge in [0, 0.05) is 11.0 Å². The Hall–Kier alpha value is -0.980. The first-order chi connectivity index (χ1) is 7.90. The lowest BCUT2D eigenvalue weighted by Gasteiger charge is -2.40. The third-order valence-corrected chi connectivity index (χ3v) is 4.92. The average Bonchev–Trinajstić information content (AvgIpc) is 2.54. The molecule has 1 aliphatic carbocycles. The van der Waals surface area contributed by atoms with E-state index in [-0.39, 0.29) is 5.41 Å². The summed E-state index contributed by atoms with van der Waals surface area (Å²) in [5.41, 5.74) is 3.25. The highest BCUT2D eigenvalue weighted by molar-refractivity contribution is 5.44. The molecule has 2 rings (SSSR count). The van der Waals surface area contributed by atoms with Crippen LogP contribution in [-0.4, -0.2) is 7.11 Å². The molecule has 0 aromatic heterocycles. The predicted molar refractivity (Wildman–Crippen MR) is 72.7 cm³/mol. The Kier molecular flexibility index (Phi) is 2.97. The zero-order valence-electron chi connectivity index (χ0n) is 11.8. The smallest absolute Gasteiger partial charge is 0.122 e. The number of aryl methyl sites for hydroxylation is 1. The van der Waals surface area contributed by atoms with Gasteiger partial charge in [-0.15, -0.1) is 0 Å². The maximum absolute atomic E-state index is 5.60. The molecule has 17 heavy (non-hydrogen) atoms. The summed E-state index contributed by atoms with van der Waals surface area (Å²) in [4.78, 5) is 0. The van der Waals surface area contributed by atoms with E-state index in [1.807, 2.05) is 0 Å². The second-order valence-electron chi connectivity index (χ2n) is 6.27. The zero-order valence-corrected chi connectivity index (χ0v) is 11.8. The van der Waals surface area contributed by atoms with Crippen LogP contribution in [0.1, 0.15) is 51.2 Å². The molecule has 0 spiro atoms. The molecule has 1 aliphatic rings. The molecule has 0 amide bonds. The Morgan fingerprint density at radius 3 is 2.35 bits per heavy atom. The fourth-order valence-electron chi connectivity index (χ4n) is 3.25. The van der Waals surface area contributed by atoms with E-state index in [1.54, 1.807) is 7.11 Å². The fourth-order valence-corrected chi connectivity index (χ4v) is 3.25. The van der Waals surface area contributed by atoms with Crippen molar-refractivity contribution in [1.82, 2.24) is 0 Å². The van der Waals surface area contributed by atoms with Gasteiger partial charge in [0.1, 0.15) is 5.75 Å². The molecule has 1 unspecified atom stereocenters. The van der Waals surface area contributed by atoms with Crippen LogP contribution in [-0.2, 0) is 5.41 Å². The first-order valence-corrected chi connectivity index (χ1v) is 6.56. The molecule has 1 heteroatoms. The number of hydrogen-bond donors (Lipinski definition) is 0. The molecule has 94 valence electrons. The van der Waals surface area contributed by atoms with E-state index in [0.717, 1.165) is 5.75 Å². The number of methoxy groups -OCH3 is 1. The SMILES string of the molecule is COc1cc(C)ccc1C1(C)CCCC1(C)C. The quantitative estimate of drug-likeness (QED) is 0.731. The topological polar surface area (TPSA) is 9.23 Å². The second-order valence-corrected chi connectivity index (χ2v) is 6.27. The van der Waals surface area contributed by atoms with E-state index in [1.165, 1.54) is 30.4 Å². The fraction of sp³-hybridized carbons (Fsp3) is 0.625. The highest BCUT2D eigenvalue weighted by Crippen LogP contribution is 2.55. The minimum absolute atomic E-state index is 0.242. The van der Waals surface area contributed by atoms with Crippen LogP contribution in [0.15, 0.2) is 18.2 Å². The van der Waals surface area contributed by atoms with E-state index in [0.29, 0.717) is 5.41 Å². The van der Waals surface area contributed by atoms with E-state index >= 15 is 0 Å². The zero-order chi connectivity index (χ0) is 12.7. The van der Waals surface area contributed by atoms with Crippen molar-refractivity contribution in [1.29, 1.82) is 0 Å². The van der Waals surface area contributed by atoms with Crippen molar-refractivity contribution in [2.75, 3.05) is 7.11 Å². The molecule has 0 radical (unpaired) electrons. The van der Waals surface area contributed by atoms with Gasteiger partial charge in [-0.05, 0) is 36.8 Å². The average molecular weight is 232 g/mol. The van der Waals surface area contributed by atoms with Gasteiger partial charge in [-0.2, -0.15) is 0 Å². The maximum Gasteiger partial charge on any atom is 0.122 e. The Labute approximate surface area is 105 Å². The Bertz CT molecular complexity index is 420. The molecule has 1 aromatic rings. The van der Waals surface area contributed by atoms with Gasteiger partial charge in [-0.3, -0.25) is 0 Å². The molecule has 0 N–H and O–H groups in total. The number of hydrogen-bond acceptors (Lipinski definition) is 1.